The van der Waals surface area contributed by atoms with Gasteiger partial charge in [0.2, 0.25) is 0 Å². The summed E-state index contributed by atoms with van der Waals surface area (Å²) in [4.78, 5) is 10.4. The quantitative estimate of drug-likeness (QED) is 0.656. The Kier molecular flexibility index (Phi) is 4.64. The molecule has 1 heterocycles. The Morgan fingerprint density at radius 2 is 2.19 bits per heavy atom. The Morgan fingerprint density at radius 3 is 2.86 bits per heavy atom. The van der Waals surface area contributed by atoms with Crippen molar-refractivity contribution in [1.29, 1.82) is 0 Å². The molecule has 1 aromatic heterocycles. The number of hydrogen-bond acceptors (Lipinski definition) is 4. The van der Waals surface area contributed by atoms with Gasteiger partial charge >= 0.3 is 0 Å². The fourth-order valence-electron chi connectivity index (χ4n) is 1.95. The van der Waals surface area contributed by atoms with E-state index in [0.717, 1.165) is 6.54 Å². The highest BCUT2D eigenvalue weighted by atomic mass is 19.1. The number of para-hydroxylation sites is 1. The lowest BCUT2D eigenvalue weighted by molar-refractivity contribution is -0.384. The van der Waals surface area contributed by atoms with E-state index >= 15 is 0 Å². The van der Waals surface area contributed by atoms with Gasteiger partial charge in [-0.25, -0.2) is 9.07 Å². The van der Waals surface area contributed by atoms with E-state index in [1.165, 1.54) is 29.1 Å². The van der Waals surface area contributed by atoms with Crippen LogP contribution in [0.2, 0.25) is 0 Å². The molecule has 0 saturated carbocycles. The first-order valence-electron chi connectivity index (χ1n) is 6.67. The minimum absolute atomic E-state index is 0.141. The Labute approximate surface area is 121 Å². The normalized spacial score (nSPS) is 11.0. The SMILES string of the molecule is CC(C)CNCc1ccn(-c2c(F)cccc2[N+](=O)[O-])n1. The first-order chi connectivity index (χ1) is 9.99. The molecule has 0 atom stereocenters. The first-order valence-corrected chi connectivity index (χ1v) is 6.67. The lowest BCUT2D eigenvalue weighted by Gasteiger charge is -2.06. The predicted molar refractivity (Wildman–Crippen MR) is 76.7 cm³/mol. The van der Waals surface area contributed by atoms with Crippen molar-refractivity contribution < 1.29 is 9.31 Å². The number of nitro benzene ring substituents is 1. The fraction of sp³-hybridized carbons (Fsp3) is 0.357. The Balaban J connectivity index is 2.24. The van der Waals surface area contributed by atoms with Gasteiger partial charge in [0.25, 0.3) is 5.69 Å². The first kappa shape index (κ1) is 15.1. The number of hydrogen-bond donors (Lipinski definition) is 1. The molecule has 0 radical (unpaired) electrons. The van der Waals surface area contributed by atoms with E-state index in [0.29, 0.717) is 18.2 Å². The van der Waals surface area contributed by atoms with Crippen LogP contribution in [0.4, 0.5) is 10.1 Å². The van der Waals surface area contributed by atoms with Gasteiger partial charge in [-0.1, -0.05) is 19.9 Å². The summed E-state index contributed by atoms with van der Waals surface area (Å²) in [6, 6.07) is 5.46. The second-order valence-electron chi connectivity index (χ2n) is 5.14. The zero-order valence-electron chi connectivity index (χ0n) is 11.9. The highest BCUT2D eigenvalue weighted by molar-refractivity contribution is 5.52. The van der Waals surface area contributed by atoms with Crippen LogP contribution < -0.4 is 5.32 Å². The van der Waals surface area contributed by atoms with Gasteiger partial charge in [-0.2, -0.15) is 5.10 Å². The summed E-state index contributed by atoms with van der Waals surface area (Å²) >= 11 is 0. The highest BCUT2D eigenvalue weighted by Crippen LogP contribution is 2.25. The van der Waals surface area contributed by atoms with Crippen LogP contribution in [0, 0.1) is 21.8 Å². The van der Waals surface area contributed by atoms with E-state index in [9.17, 15) is 14.5 Å². The van der Waals surface area contributed by atoms with Crippen molar-refractivity contribution >= 4 is 5.69 Å². The van der Waals surface area contributed by atoms with Gasteiger partial charge < -0.3 is 5.32 Å². The molecule has 7 heteroatoms. The number of halogens is 1. The summed E-state index contributed by atoms with van der Waals surface area (Å²) in [5, 5.41) is 18.4. The molecule has 2 aromatic rings. The maximum atomic E-state index is 13.9. The maximum absolute atomic E-state index is 13.9. The molecule has 0 saturated heterocycles. The van der Waals surface area contributed by atoms with Crippen LogP contribution in [0.3, 0.4) is 0 Å². The third-order valence-electron chi connectivity index (χ3n) is 2.89. The third-order valence-corrected chi connectivity index (χ3v) is 2.89. The molecule has 6 nitrogen and oxygen atoms in total. The summed E-state index contributed by atoms with van der Waals surface area (Å²) < 4.78 is 15.1. The number of nitrogens with zero attached hydrogens (tertiary/aromatic N) is 3. The Morgan fingerprint density at radius 1 is 1.43 bits per heavy atom. The molecule has 0 spiro atoms. The number of rotatable bonds is 6. The van der Waals surface area contributed by atoms with Crippen LogP contribution in [-0.4, -0.2) is 21.2 Å². The largest absolute Gasteiger partial charge is 0.311 e. The van der Waals surface area contributed by atoms with Crippen LogP contribution >= 0.6 is 0 Å². The van der Waals surface area contributed by atoms with Crippen molar-refractivity contribution in [1.82, 2.24) is 15.1 Å². The molecule has 112 valence electrons. The average Bonchev–Trinajstić information content (AvgIpc) is 2.86. The number of aromatic nitrogens is 2. The molecule has 0 fully saturated rings. The number of benzene rings is 1. The minimum atomic E-state index is -0.672. The molecular weight excluding hydrogens is 275 g/mol. The van der Waals surface area contributed by atoms with E-state index in [-0.39, 0.29) is 11.4 Å². The van der Waals surface area contributed by atoms with Gasteiger partial charge in [0.1, 0.15) is 0 Å². The topological polar surface area (TPSA) is 73.0 Å². The monoisotopic (exact) mass is 292 g/mol. The second-order valence-corrected chi connectivity index (χ2v) is 5.14. The van der Waals surface area contributed by atoms with Crippen molar-refractivity contribution in [2.75, 3.05) is 6.54 Å². The molecule has 0 aliphatic rings. The molecule has 2 rings (SSSR count). The molecule has 0 aliphatic heterocycles. The summed E-state index contributed by atoms with van der Waals surface area (Å²) in [7, 11) is 0. The minimum Gasteiger partial charge on any atom is -0.311 e. The van der Waals surface area contributed by atoms with Crippen LogP contribution in [0.15, 0.2) is 30.5 Å². The Bertz CT molecular complexity index is 640. The smallest absolute Gasteiger partial charge is 0.297 e. The van der Waals surface area contributed by atoms with E-state index < -0.39 is 10.7 Å². The highest BCUT2D eigenvalue weighted by Gasteiger charge is 2.20. The lowest BCUT2D eigenvalue weighted by atomic mass is 10.2. The van der Waals surface area contributed by atoms with Crippen molar-refractivity contribution in [3.8, 4) is 5.69 Å². The van der Waals surface area contributed by atoms with Crippen LogP contribution in [-0.2, 0) is 6.54 Å². The molecule has 21 heavy (non-hydrogen) atoms. The molecule has 0 amide bonds. The molecule has 1 N–H and O–H groups in total. The van der Waals surface area contributed by atoms with Gasteiger partial charge in [0, 0.05) is 18.8 Å². The van der Waals surface area contributed by atoms with E-state index in [2.05, 4.69) is 24.3 Å². The zero-order chi connectivity index (χ0) is 15.4. The van der Waals surface area contributed by atoms with Gasteiger partial charge in [0.05, 0.1) is 10.6 Å². The van der Waals surface area contributed by atoms with E-state index in [1.807, 2.05) is 0 Å². The van der Waals surface area contributed by atoms with Crippen molar-refractivity contribution in [3.05, 3.63) is 52.1 Å². The number of nitrogens with one attached hydrogen (secondary N) is 1. The maximum Gasteiger partial charge on any atom is 0.297 e. The third kappa shape index (κ3) is 3.63. The average molecular weight is 292 g/mol. The molecule has 1 aromatic carbocycles. The van der Waals surface area contributed by atoms with Crippen LogP contribution in [0.5, 0.6) is 0 Å². The van der Waals surface area contributed by atoms with E-state index in [1.54, 1.807) is 6.07 Å². The lowest BCUT2D eigenvalue weighted by Crippen LogP contribution is -2.19. The summed E-state index contributed by atoms with van der Waals surface area (Å²) in [6.07, 6.45) is 1.53. The fourth-order valence-corrected chi connectivity index (χ4v) is 1.95. The molecule has 0 bridgehead atoms. The van der Waals surface area contributed by atoms with E-state index in [4.69, 9.17) is 0 Å². The summed E-state index contributed by atoms with van der Waals surface area (Å²) in [5.41, 5.74) is 0.255. The van der Waals surface area contributed by atoms with Gasteiger partial charge in [-0.3, -0.25) is 10.1 Å². The van der Waals surface area contributed by atoms with Crippen molar-refractivity contribution in [2.45, 2.75) is 20.4 Å². The molecular formula is C14H17FN4O2. The van der Waals surface area contributed by atoms with Gasteiger partial charge in [0.15, 0.2) is 11.5 Å². The molecule has 0 unspecified atom stereocenters. The Hall–Kier alpha value is -2.28. The number of nitro groups is 1. The predicted octanol–water partition coefficient (Wildman–Crippen LogP) is 2.67. The zero-order valence-corrected chi connectivity index (χ0v) is 11.9. The standard InChI is InChI=1S/C14H17FN4O2/c1-10(2)8-16-9-11-6-7-18(17-11)14-12(15)4-3-5-13(14)19(20)21/h3-7,10,16H,8-9H2,1-2H3. The second kappa shape index (κ2) is 6.45. The van der Waals surface area contributed by atoms with Crippen molar-refractivity contribution in [3.63, 3.8) is 0 Å². The van der Waals surface area contributed by atoms with Gasteiger partial charge in [-0.05, 0) is 24.6 Å². The van der Waals surface area contributed by atoms with Crippen LogP contribution in [0.1, 0.15) is 19.5 Å². The van der Waals surface area contributed by atoms with Crippen molar-refractivity contribution in [2.24, 2.45) is 5.92 Å². The summed E-state index contributed by atoms with van der Waals surface area (Å²) in [5.74, 6) is -0.159. The molecule has 0 aliphatic carbocycles. The van der Waals surface area contributed by atoms with Gasteiger partial charge in [-0.15, -0.1) is 0 Å². The summed E-state index contributed by atoms with van der Waals surface area (Å²) in [6.45, 7) is 5.56. The van der Waals surface area contributed by atoms with Crippen LogP contribution in [0.25, 0.3) is 5.69 Å².